The van der Waals surface area contributed by atoms with Gasteiger partial charge in [0.25, 0.3) is 9.05 Å². The van der Waals surface area contributed by atoms with Crippen LogP contribution >= 0.6 is 22.4 Å². The highest BCUT2D eigenvalue weighted by Crippen LogP contribution is 2.41. The molecule has 5 nitrogen and oxygen atoms in total. The molecule has 11 heteroatoms. The first kappa shape index (κ1) is 23.7. The van der Waals surface area contributed by atoms with Gasteiger partial charge in [0.05, 0.1) is 7.11 Å². The Hall–Kier alpha value is -1.91. The zero-order valence-corrected chi connectivity index (χ0v) is 19.0. The first-order chi connectivity index (χ1) is 14.4. The van der Waals surface area contributed by atoms with Gasteiger partial charge in [-0.2, -0.15) is 13.2 Å². The number of carbonyl (C=O) groups excluding carboxylic acids is 1. The molecule has 0 aliphatic carbocycles. The summed E-state index contributed by atoms with van der Waals surface area (Å²) in [5.41, 5.74) is -2.54. The van der Waals surface area contributed by atoms with Crippen LogP contribution in [0.1, 0.15) is 29.5 Å². The van der Waals surface area contributed by atoms with E-state index in [0.29, 0.717) is 29.7 Å². The average Bonchev–Trinajstić information content (AvgIpc) is 2.84. The Morgan fingerprint density at radius 1 is 1.26 bits per heavy atom. The molecular formula is C20H19ClF3NO4S2. The maximum atomic E-state index is 12.9. The topological polar surface area (TPSA) is 63.7 Å². The van der Waals surface area contributed by atoms with Crippen molar-refractivity contribution < 1.29 is 31.1 Å². The second kappa shape index (κ2) is 8.91. The Kier molecular flexibility index (Phi) is 6.83. The summed E-state index contributed by atoms with van der Waals surface area (Å²) in [4.78, 5) is 13.5. The standard InChI is InChI=1S/C20H19ClF3NO4S2/c1-12(26)25-7-6-14-9-19(31(21,27)28)18(29-2)10-16(14)17(11-25)13-4-3-5-15(8-13)30-20(22,23)24/h3-5,8-10,17H,6-7,11H2,1-2H3. The minimum Gasteiger partial charge on any atom is -0.495 e. The van der Waals surface area contributed by atoms with Crippen molar-refractivity contribution in [3.05, 3.63) is 53.1 Å². The molecule has 1 unspecified atom stereocenters. The number of halogens is 4. The third-order valence-electron chi connectivity index (χ3n) is 5.06. The molecule has 0 aromatic heterocycles. The number of thioether (sulfide) groups is 1. The van der Waals surface area contributed by atoms with E-state index in [1.807, 2.05) is 0 Å². The monoisotopic (exact) mass is 493 g/mol. The first-order valence-electron chi connectivity index (χ1n) is 9.15. The summed E-state index contributed by atoms with van der Waals surface area (Å²) in [7, 11) is 2.77. The molecule has 2 aromatic rings. The smallest absolute Gasteiger partial charge is 0.446 e. The number of nitrogens with zero attached hydrogens (tertiary/aromatic N) is 1. The number of benzene rings is 2. The molecular weight excluding hydrogens is 475 g/mol. The van der Waals surface area contributed by atoms with Crippen LogP contribution in [0.25, 0.3) is 0 Å². The second-order valence-corrected chi connectivity index (χ2v) is 10.7. The van der Waals surface area contributed by atoms with Crippen LogP contribution in [0.15, 0.2) is 46.2 Å². The fourth-order valence-electron chi connectivity index (χ4n) is 3.67. The van der Waals surface area contributed by atoms with Gasteiger partial charge in [-0.3, -0.25) is 4.79 Å². The highest BCUT2D eigenvalue weighted by Gasteiger charge is 2.32. The van der Waals surface area contributed by atoms with Gasteiger partial charge >= 0.3 is 5.51 Å². The zero-order valence-electron chi connectivity index (χ0n) is 16.6. The molecule has 31 heavy (non-hydrogen) atoms. The normalized spacial score (nSPS) is 17.1. The van der Waals surface area contributed by atoms with E-state index in [9.17, 15) is 26.4 Å². The molecule has 3 rings (SSSR count). The van der Waals surface area contributed by atoms with Gasteiger partial charge in [-0.1, -0.05) is 12.1 Å². The maximum absolute atomic E-state index is 12.9. The highest BCUT2D eigenvalue weighted by molar-refractivity contribution is 8.13. The SMILES string of the molecule is COc1cc2c(cc1S(=O)(=O)Cl)CCN(C(C)=O)CC2c1cccc(SC(F)(F)F)c1. The Morgan fingerprint density at radius 2 is 1.97 bits per heavy atom. The summed E-state index contributed by atoms with van der Waals surface area (Å²) in [5, 5.41) is 0. The Labute approximate surface area is 186 Å². The minimum atomic E-state index is -4.43. The van der Waals surface area contributed by atoms with E-state index in [2.05, 4.69) is 0 Å². The first-order valence-corrected chi connectivity index (χ1v) is 12.3. The summed E-state index contributed by atoms with van der Waals surface area (Å²) in [5.74, 6) is -0.622. The van der Waals surface area contributed by atoms with Gasteiger partial charge in [0.1, 0.15) is 10.6 Å². The summed E-state index contributed by atoms with van der Waals surface area (Å²) < 4.78 is 67.8. The van der Waals surface area contributed by atoms with E-state index < -0.39 is 20.5 Å². The predicted molar refractivity (Wildman–Crippen MR) is 112 cm³/mol. The lowest BCUT2D eigenvalue weighted by atomic mass is 9.88. The Balaban J connectivity index is 2.17. The molecule has 0 fully saturated rings. The van der Waals surface area contributed by atoms with Crippen LogP contribution in [0.5, 0.6) is 5.75 Å². The summed E-state index contributed by atoms with van der Waals surface area (Å²) in [6.45, 7) is 1.99. The van der Waals surface area contributed by atoms with Crippen molar-refractivity contribution in [1.82, 2.24) is 4.90 Å². The number of hydrogen-bond acceptors (Lipinski definition) is 5. The van der Waals surface area contributed by atoms with E-state index in [1.54, 1.807) is 17.0 Å². The van der Waals surface area contributed by atoms with E-state index in [1.165, 1.54) is 38.3 Å². The van der Waals surface area contributed by atoms with Crippen molar-refractivity contribution in [2.75, 3.05) is 20.2 Å². The predicted octanol–water partition coefficient (Wildman–Crippen LogP) is 4.77. The third-order valence-corrected chi connectivity index (χ3v) is 7.12. The van der Waals surface area contributed by atoms with Crippen LogP contribution in [-0.4, -0.2) is 44.9 Å². The van der Waals surface area contributed by atoms with Gasteiger partial charge in [-0.15, -0.1) is 0 Å². The van der Waals surface area contributed by atoms with Crippen molar-refractivity contribution in [2.45, 2.75) is 34.6 Å². The maximum Gasteiger partial charge on any atom is 0.446 e. The van der Waals surface area contributed by atoms with Crippen molar-refractivity contribution >= 4 is 37.4 Å². The fraction of sp³-hybridized carbons (Fsp3) is 0.350. The van der Waals surface area contributed by atoms with Gasteiger partial charge in [0.15, 0.2) is 0 Å². The van der Waals surface area contributed by atoms with Crippen LogP contribution < -0.4 is 4.74 Å². The second-order valence-electron chi connectivity index (χ2n) is 7.03. The number of methoxy groups -OCH3 is 1. The number of ether oxygens (including phenoxy) is 1. The average molecular weight is 494 g/mol. The number of hydrogen-bond donors (Lipinski definition) is 0. The Bertz CT molecular complexity index is 1110. The molecule has 1 heterocycles. The van der Waals surface area contributed by atoms with Crippen molar-refractivity contribution in [1.29, 1.82) is 0 Å². The van der Waals surface area contributed by atoms with Crippen molar-refractivity contribution in [2.24, 2.45) is 0 Å². The minimum absolute atomic E-state index is 0.0251. The van der Waals surface area contributed by atoms with Crippen molar-refractivity contribution in [3.8, 4) is 5.75 Å². The lowest BCUT2D eigenvalue weighted by molar-refractivity contribution is -0.128. The molecule has 0 saturated heterocycles. The molecule has 1 aliphatic heterocycles. The lowest BCUT2D eigenvalue weighted by Gasteiger charge is -2.25. The molecule has 1 amide bonds. The highest BCUT2D eigenvalue weighted by atomic mass is 35.7. The van der Waals surface area contributed by atoms with Crippen LogP contribution in [0.2, 0.25) is 0 Å². The largest absolute Gasteiger partial charge is 0.495 e. The van der Waals surface area contributed by atoms with E-state index in [4.69, 9.17) is 15.4 Å². The van der Waals surface area contributed by atoms with Crippen LogP contribution in [0.4, 0.5) is 13.2 Å². The van der Waals surface area contributed by atoms with Gasteiger partial charge < -0.3 is 9.64 Å². The molecule has 0 saturated carbocycles. The third kappa shape index (κ3) is 5.67. The molecule has 168 valence electrons. The van der Waals surface area contributed by atoms with Gasteiger partial charge in [-0.25, -0.2) is 8.42 Å². The number of carbonyl (C=O) groups is 1. The molecule has 0 N–H and O–H groups in total. The van der Waals surface area contributed by atoms with Crippen LogP contribution in [0, 0.1) is 0 Å². The van der Waals surface area contributed by atoms with Crippen molar-refractivity contribution in [3.63, 3.8) is 0 Å². The molecule has 1 atom stereocenters. The lowest BCUT2D eigenvalue weighted by Crippen LogP contribution is -2.33. The van der Waals surface area contributed by atoms with E-state index in [0.717, 1.165) is 0 Å². The molecule has 0 radical (unpaired) electrons. The van der Waals surface area contributed by atoms with Gasteiger partial charge in [0.2, 0.25) is 5.91 Å². The fourth-order valence-corrected chi connectivity index (χ4v) is 5.31. The van der Waals surface area contributed by atoms with Gasteiger partial charge in [-0.05, 0) is 59.1 Å². The molecule has 0 bridgehead atoms. The van der Waals surface area contributed by atoms with Crippen LogP contribution in [0.3, 0.4) is 0 Å². The summed E-state index contributed by atoms with van der Waals surface area (Å²) in [6.07, 6.45) is 0.367. The number of rotatable bonds is 4. The van der Waals surface area contributed by atoms with Crippen LogP contribution in [-0.2, 0) is 20.3 Å². The molecule has 1 aliphatic rings. The van der Waals surface area contributed by atoms with E-state index in [-0.39, 0.29) is 39.8 Å². The molecule has 0 spiro atoms. The quantitative estimate of drug-likeness (QED) is 0.453. The van der Waals surface area contributed by atoms with Gasteiger partial charge in [0, 0.05) is 41.5 Å². The number of amides is 1. The summed E-state index contributed by atoms with van der Waals surface area (Å²) in [6, 6.07) is 8.99. The van der Waals surface area contributed by atoms with E-state index >= 15 is 0 Å². The number of alkyl halides is 3. The number of fused-ring (bicyclic) bond motifs is 1. The Morgan fingerprint density at radius 3 is 2.55 bits per heavy atom. The molecule has 2 aromatic carbocycles. The summed E-state index contributed by atoms with van der Waals surface area (Å²) >= 11 is -0.216. The zero-order chi connectivity index (χ0) is 23.0.